The van der Waals surface area contributed by atoms with Gasteiger partial charge in [0.25, 0.3) is 0 Å². The summed E-state index contributed by atoms with van der Waals surface area (Å²) in [5.41, 5.74) is -1.56. The van der Waals surface area contributed by atoms with Crippen LogP contribution in [0.15, 0.2) is 41.5 Å². The number of imidazole rings is 1. The molecule has 5 rings (SSSR count). The number of halogens is 5. The number of aromatic nitrogens is 3. The molecule has 1 saturated carbocycles. The lowest BCUT2D eigenvalue weighted by atomic mass is 9.97. The van der Waals surface area contributed by atoms with Crippen LogP contribution in [-0.2, 0) is 33.1 Å². The second-order valence-corrected chi connectivity index (χ2v) is 10.7. The summed E-state index contributed by atoms with van der Waals surface area (Å²) in [6, 6.07) is 7.52. The van der Waals surface area contributed by atoms with Crippen LogP contribution in [0.3, 0.4) is 0 Å². The van der Waals surface area contributed by atoms with Gasteiger partial charge in [-0.1, -0.05) is 31.2 Å². The molecule has 1 aromatic carbocycles. The number of alkyl halides is 5. The van der Waals surface area contributed by atoms with Gasteiger partial charge in [0.05, 0.1) is 17.2 Å². The van der Waals surface area contributed by atoms with Crippen LogP contribution in [0, 0.1) is 0 Å². The van der Waals surface area contributed by atoms with Gasteiger partial charge in [0.15, 0.2) is 9.84 Å². The number of hydrogen-bond donors (Lipinski definition) is 0. The minimum absolute atomic E-state index is 0.0832. The van der Waals surface area contributed by atoms with E-state index in [2.05, 4.69) is 15.0 Å². The molecule has 2 aromatic heterocycles. The second-order valence-electron chi connectivity index (χ2n) is 8.24. The summed E-state index contributed by atoms with van der Waals surface area (Å²) in [7, 11) is -2.20. The van der Waals surface area contributed by atoms with Gasteiger partial charge in [0, 0.05) is 25.4 Å². The first-order valence-electron chi connectivity index (χ1n) is 9.97. The fraction of sp³-hybridized carbons (Fsp3) is 0.381. The van der Waals surface area contributed by atoms with Gasteiger partial charge in [0.2, 0.25) is 0 Å². The Balaban J connectivity index is 1.73. The lowest BCUT2D eigenvalue weighted by Crippen LogP contribution is -2.35. The van der Waals surface area contributed by atoms with E-state index in [1.54, 1.807) is 30.5 Å². The average Bonchev–Trinajstić information content (AvgIpc) is 3.39. The highest BCUT2D eigenvalue weighted by Crippen LogP contribution is 2.71. The van der Waals surface area contributed by atoms with E-state index >= 15 is 0 Å². The van der Waals surface area contributed by atoms with Gasteiger partial charge in [-0.05, 0) is 17.2 Å². The maximum atomic E-state index is 13.8. The predicted octanol–water partition coefficient (Wildman–Crippen LogP) is 3.98. The maximum absolute atomic E-state index is 13.8. The van der Waals surface area contributed by atoms with Crippen LogP contribution in [0.4, 0.5) is 22.0 Å². The molecule has 0 spiro atoms. The monoisotopic (exact) mass is 484 g/mol. The van der Waals surface area contributed by atoms with Crippen molar-refractivity contribution in [3.05, 3.63) is 59.2 Å². The Morgan fingerprint density at radius 2 is 1.85 bits per heavy atom. The van der Waals surface area contributed by atoms with Crippen molar-refractivity contribution >= 4 is 27.1 Å². The van der Waals surface area contributed by atoms with Crippen molar-refractivity contribution in [1.82, 2.24) is 14.5 Å². The highest BCUT2D eigenvalue weighted by atomic mass is 32.2. The fourth-order valence-corrected chi connectivity index (χ4v) is 6.92. The van der Waals surface area contributed by atoms with Crippen molar-refractivity contribution in [3.8, 4) is 0 Å². The molecule has 2 atom stereocenters. The number of nitrogens with zero attached hydrogens (tertiary/aromatic N) is 4. The first-order valence-corrected chi connectivity index (χ1v) is 11.6. The Morgan fingerprint density at radius 1 is 1.15 bits per heavy atom. The lowest BCUT2D eigenvalue weighted by Gasteiger charge is -2.27. The first kappa shape index (κ1) is 21.9. The number of benzene rings is 1. The molecule has 0 amide bonds. The zero-order chi connectivity index (χ0) is 24.0. The van der Waals surface area contributed by atoms with Crippen LogP contribution < -0.4 is 0 Å². The molecule has 2 aliphatic rings. The molecule has 0 bridgehead atoms. The number of aliphatic imine (C=N–C) groups is 1. The van der Waals surface area contributed by atoms with E-state index in [1.165, 1.54) is 18.5 Å². The van der Waals surface area contributed by atoms with E-state index in [0.29, 0.717) is 17.2 Å². The molecule has 0 saturated heterocycles. The van der Waals surface area contributed by atoms with Crippen molar-refractivity contribution < 1.29 is 30.4 Å². The molecule has 0 radical (unpaired) electrons. The van der Waals surface area contributed by atoms with Crippen LogP contribution in [0.1, 0.15) is 36.0 Å². The molecule has 1 aliphatic carbocycles. The van der Waals surface area contributed by atoms with Crippen molar-refractivity contribution in [2.24, 2.45) is 12.0 Å². The van der Waals surface area contributed by atoms with Crippen molar-refractivity contribution in [2.75, 3.05) is 5.75 Å². The van der Waals surface area contributed by atoms with E-state index in [0.717, 1.165) is 6.20 Å². The summed E-state index contributed by atoms with van der Waals surface area (Å²) in [4.78, 5) is 12.2. The Morgan fingerprint density at radius 3 is 2.52 bits per heavy atom. The summed E-state index contributed by atoms with van der Waals surface area (Å²) in [5, 5.41) is 0. The Bertz CT molecular complexity index is 1450. The van der Waals surface area contributed by atoms with Crippen LogP contribution in [0.2, 0.25) is 0 Å². The Hall–Kier alpha value is -2.89. The number of sulfone groups is 1. The topological polar surface area (TPSA) is 77.2 Å². The number of pyridine rings is 1. The van der Waals surface area contributed by atoms with Crippen molar-refractivity contribution in [2.45, 2.75) is 35.7 Å². The normalized spacial score (nSPS) is 24.6. The number of hydrogen-bond acceptors (Lipinski definition) is 5. The van der Waals surface area contributed by atoms with Crippen LogP contribution in [0.5, 0.6) is 0 Å². The van der Waals surface area contributed by atoms with Gasteiger partial charge in [-0.3, -0.25) is 9.98 Å². The fourth-order valence-electron chi connectivity index (χ4n) is 4.82. The molecular weight excluding hydrogens is 467 g/mol. The third-order valence-corrected chi connectivity index (χ3v) is 9.12. The average molecular weight is 484 g/mol. The summed E-state index contributed by atoms with van der Waals surface area (Å²) in [5.74, 6) is -5.16. The number of aryl methyl sites for hydroxylation is 1. The quantitative estimate of drug-likeness (QED) is 0.525. The molecule has 174 valence electrons. The summed E-state index contributed by atoms with van der Waals surface area (Å²) < 4.78 is 92.9. The van der Waals surface area contributed by atoms with Gasteiger partial charge in [0.1, 0.15) is 21.8 Å². The summed E-state index contributed by atoms with van der Waals surface area (Å²) in [6.07, 6.45) is -3.30. The summed E-state index contributed by atoms with van der Waals surface area (Å²) >= 11 is 0. The lowest BCUT2D eigenvalue weighted by molar-refractivity contribution is -0.290. The van der Waals surface area contributed by atoms with E-state index < -0.39 is 37.9 Å². The van der Waals surface area contributed by atoms with Crippen molar-refractivity contribution in [1.29, 1.82) is 0 Å². The molecule has 3 heterocycles. The zero-order valence-corrected chi connectivity index (χ0v) is 18.2. The molecule has 33 heavy (non-hydrogen) atoms. The third-order valence-electron chi connectivity index (χ3n) is 6.59. The first-order chi connectivity index (χ1) is 15.3. The van der Waals surface area contributed by atoms with Crippen LogP contribution in [-0.4, -0.2) is 41.1 Å². The number of fused-ring (bicyclic) bond motifs is 4. The minimum atomic E-state index is -5.82. The largest absolute Gasteiger partial charge is 0.459 e. The van der Waals surface area contributed by atoms with E-state index in [1.807, 2.05) is 0 Å². The van der Waals surface area contributed by atoms with Gasteiger partial charge >= 0.3 is 12.1 Å². The molecular formula is C21H17F5N4O2S. The van der Waals surface area contributed by atoms with Crippen molar-refractivity contribution in [3.63, 3.8) is 0 Å². The molecule has 3 aromatic rings. The Labute approximate surface area is 185 Å². The molecule has 6 nitrogen and oxygen atoms in total. The third kappa shape index (κ3) is 2.58. The second kappa shape index (κ2) is 6.37. The summed E-state index contributed by atoms with van der Waals surface area (Å²) in [6.45, 7) is 1.53. The van der Waals surface area contributed by atoms with Gasteiger partial charge in [-0.2, -0.15) is 22.0 Å². The Kier molecular flexibility index (Phi) is 4.23. The van der Waals surface area contributed by atoms with Gasteiger partial charge < -0.3 is 4.57 Å². The van der Waals surface area contributed by atoms with E-state index in [9.17, 15) is 30.4 Å². The molecule has 0 N–H and O–H groups in total. The van der Waals surface area contributed by atoms with Gasteiger partial charge in [-0.15, -0.1) is 0 Å². The zero-order valence-electron chi connectivity index (χ0n) is 17.4. The SMILES string of the molecule is CCS(=O)(=O)C12CC1(c1nc3cc(C(F)(F)C(F)(F)F)ncc3n1C)N=Cc1ccccc12. The molecule has 12 heteroatoms. The molecule has 1 fully saturated rings. The van der Waals surface area contributed by atoms with Crippen LogP contribution >= 0.6 is 0 Å². The minimum Gasteiger partial charge on any atom is -0.328 e. The standard InChI is InChI=1S/C21H17F5N4O2S/c1-3-33(31,32)19-11-18(19,28-9-12-6-4-5-7-13(12)19)17-29-14-8-16(20(22,23)21(24,25)26)27-10-15(14)30(17)2/h4-10H,3,11H2,1-2H3. The molecule has 2 unspecified atom stereocenters. The molecule has 1 aliphatic heterocycles. The highest BCUT2D eigenvalue weighted by molar-refractivity contribution is 7.92. The van der Waals surface area contributed by atoms with Crippen LogP contribution in [0.25, 0.3) is 11.0 Å². The predicted molar refractivity (Wildman–Crippen MR) is 110 cm³/mol. The van der Waals surface area contributed by atoms with E-state index in [4.69, 9.17) is 0 Å². The van der Waals surface area contributed by atoms with E-state index in [-0.39, 0.29) is 29.0 Å². The smallest absolute Gasteiger partial charge is 0.328 e. The maximum Gasteiger partial charge on any atom is 0.459 e. The van der Waals surface area contributed by atoms with Gasteiger partial charge in [-0.25, -0.2) is 13.4 Å². The number of rotatable bonds is 4. The highest BCUT2D eigenvalue weighted by Gasteiger charge is 2.79.